The molecule has 2 aromatic rings. The van der Waals surface area contributed by atoms with Gasteiger partial charge >= 0.3 is 0 Å². The fourth-order valence-corrected chi connectivity index (χ4v) is 3.19. The van der Waals surface area contributed by atoms with Crippen LogP contribution in [0, 0.1) is 0 Å². The van der Waals surface area contributed by atoms with E-state index in [1.807, 2.05) is 18.5 Å². The summed E-state index contributed by atoms with van der Waals surface area (Å²) in [6.07, 6.45) is 8.34. The highest BCUT2D eigenvalue weighted by Gasteiger charge is 2.15. The predicted molar refractivity (Wildman–Crippen MR) is 94.5 cm³/mol. The van der Waals surface area contributed by atoms with E-state index in [0.29, 0.717) is 13.1 Å². The number of hydrogen-bond acceptors (Lipinski definition) is 3. The second-order valence-corrected chi connectivity index (χ2v) is 6.39. The first-order chi connectivity index (χ1) is 11.8. The third kappa shape index (κ3) is 4.93. The van der Waals surface area contributed by atoms with Crippen molar-refractivity contribution in [1.29, 1.82) is 0 Å². The van der Waals surface area contributed by atoms with Gasteiger partial charge in [0, 0.05) is 18.9 Å². The number of hydrogen-bond donors (Lipinski definition) is 1. The highest BCUT2D eigenvalue weighted by Crippen LogP contribution is 2.07. The third-order valence-corrected chi connectivity index (χ3v) is 4.52. The van der Waals surface area contributed by atoms with Gasteiger partial charge in [0.15, 0.2) is 0 Å². The molecule has 1 N–H and O–H groups in total. The van der Waals surface area contributed by atoms with Crippen molar-refractivity contribution in [2.24, 2.45) is 0 Å². The molecule has 24 heavy (non-hydrogen) atoms. The average molecular weight is 326 g/mol. The van der Waals surface area contributed by atoms with Crippen LogP contribution in [0.2, 0.25) is 0 Å². The predicted octanol–water partition coefficient (Wildman–Crippen LogP) is 2.23. The van der Waals surface area contributed by atoms with Gasteiger partial charge < -0.3 is 9.88 Å². The summed E-state index contributed by atoms with van der Waals surface area (Å²) in [5.74, 6) is 1.02. The molecule has 1 fully saturated rings. The fraction of sp³-hybridized carbons (Fsp3) is 0.474. The number of nitrogens with one attached hydrogen (secondary N) is 1. The van der Waals surface area contributed by atoms with Gasteiger partial charge in [0.05, 0.1) is 13.1 Å². The van der Waals surface area contributed by atoms with Crippen molar-refractivity contribution < 1.29 is 4.79 Å². The van der Waals surface area contributed by atoms with Gasteiger partial charge in [-0.25, -0.2) is 4.98 Å². The van der Waals surface area contributed by atoms with Crippen LogP contribution in [0.1, 0.15) is 30.7 Å². The van der Waals surface area contributed by atoms with Crippen LogP contribution in [0.5, 0.6) is 0 Å². The molecule has 0 unspecified atom stereocenters. The maximum atomic E-state index is 12.0. The fourth-order valence-electron chi connectivity index (χ4n) is 3.19. The Morgan fingerprint density at radius 2 is 1.96 bits per heavy atom. The highest BCUT2D eigenvalue weighted by molar-refractivity contribution is 5.77. The summed E-state index contributed by atoms with van der Waals surface area (Å²) in [5, 5.41) is 3.00. The van der Waals surface area contributed by atoms with Crippen LogP contribution >= 0.6 is 0 Å². The zero-order valence-electron chi connectivity index (χ0n) is 14.2. The summed E-state index contributed by atoms with van der Waals surface area (Å²) >= 11 is 0. The monoisotopic (exact) mass is 326 g/mol. The molecule has 128 valence electrons. The van der Waals surface area contributed by atoms with Crippen molar-refractivity contribution in [1.82, 2.24) is 19.8 Å². The number of imidazole rings is 1. The van der Waals surface area contributed by atoms with Gasteiger partial charge in [-0.1, -0.05) is 30.3 Å². The smallest absolute Gasteiger partial charge is 0.234 e. The van der Waals surface area contributed by atoms with Crippen LogP contribution in [-0.2, 0) is 24.3 Å². The molecule has 1 amide bonds. The maximum Gasteiger partial charge on any atom is 0.234 e. The van der Waals surface area contributed by atoms with Gasteiger partial charge in [-0.05, 0) is 44.3 Å². The molecule has 1 aromatic heterocycles. The van der Waals surface area contributed by atoms with E-state index in [-0.39, 0.29) is 5.91 Å². The molecule has 0 bridgehead atoms. The van der Waals surface area contributed by atoms with Crippen LogP contribution in [0.25, 0.3) is 0 Å². The maximum absolute atomic E-state index is 12.0. The number of carbonyl (C=O) groups excluding carboxylic acids is 1. The SMILES string of the molecule is O=C(CN1CCCC1)NCc1nccn1CCCc1ccccc1. The normalized spacial score (nSPS) is 14.8. The molecular weight excluding hydrogens is 300 g/mol. The Labute approximate surface area is 143 Å². The van der Waals surface area contributed by atoms with Crippen molar-refractivity contribution in [3.63, 3.8) is 0 Å². The number of aromatic nitrogens is 2. The quantitative estimate of drug-likeness (QED) is 0.809. The van der Waals surface area contributed by atoms with E-state index in [4.69, 9.17) is 0 Å². The van der Waals surface area contributed by atoms with Gasteiger partial charge in [-0.2, -0.15) is 0 Å². The minimum atomic E-state index is 0.0933. The van der Waals surface area contributed by atoms with Crippen molar-refractivity contribution in [3.05, 3.63) is 54.1 Å². The standard InChI is InChI=1S/C19H26N4O/c24-19(16-22-11-4-5-12-22)21-15-18-20-10-14-23(18)13-6-9-17-7-2-1-3-8-17/h1-3,7-8,10,14H,4-6,9,11-13,15-16H2,(H,21,24). The summed E-state index contributed by atoms with van der Waals surface area (Å²) in [5.41, 5.74) is 1.36. The summed E-state index contributed by atoms with van der Waals surface area (Å²) in [4.78, 5) is 18.6. The minimum absolute atomic E-state index is 0.0933. The molecule has 1 aliphatic rings. The lowest BCUT2D eigenvalue weighted by Gasteiger charge is -2.14. The van der Waals surface area contributed by atoms with Gasteiger partial charge in [0.1, 0.15) is 5.82 Å². The van der Waals surface area contributed by atoms with Crippen LogP contribution in [0.4, 0.5) is 0 Å². The first kappa shape index (κ1) is 16.7. The lowest BCUT2D eigenvalue weighted by molar-refractivity contribution is -0.122. The molecule has 2 heterocycles. The van der Waals surface area contributed by atoms with E-state index in [0.717, 1.165) is 38.3 Å². The summed E-state index contributed by atoms with van der Waals surface area (Å²) in [7, 11) is 0. The number of benzene rings is 1. The number of nitrogens with zero attached hydrogens (tertiary/aromatic N) is 3. The van der Waals surface area contributed by atoms with Crippen LogP contribution in [0.15, 0.2) is 42.7 Å². The molecule has 1 aliphatic heterocycles. The van der Waals surface area contributed by atoms with Crippen molar-refractivity contribution in [2.45, 2.75) is 38.8 Å². The van der Waals surface area contributed by atoms with Gasteiger partial charge in [0.25, 0.3) is 0 Å². The molecule has 0 radical (unpaired) electrons. The Balaban J connectivity index is 1.42. The molecule has 5 nitrogen and oxygen atoms in total. The average Bonchev–Trinajstić information content (AvgIpc) is 3.26. The van der Waals surface area contributed by atoms with E-state index in [1.54, 1.807) is 0 Å². The summed E-state index contributed by atoms with van der Waals surface area (Å²) in [6, 6.07) is 10.5. The van der Waals surface area contributed by atoms with Crippen molar-refractivity contribution in [3.8, 4) is 0 Å². The number of rotatable bonds is 8. The van der Waals surface area contributed by atoms with E-state index in [1.165, 1.54) is 18.4 Å². The Bertz CT molecular complexity index is 632. The second-order valence-electron chi connectivity index (χ2n) is 6.39. The van der Waals surface area contributed by atoms with Crippen LogP contribution < -0.4 is 5.32 Å². The van der Waals surface area contributed by atoms with Gasteiger partial charge in [-0.15, -0.1) is 0 Å². The number of amides is 1. The van der Waals surface area contributed by atoms with Crippen molar-refractivity contribution >= 4 is 5.91 Å². The number of carbonyl (C=O) groups is 1. The largest absolute Gasteiger partial charge is 0.348 e. The number of aryl methyl sites for hydroxylation is 2. The molecule has 1 saturated heterocycles. The number of likely N-dealkylation sites (tertiary alicyclic amines) is 1. The van der Waals surface area contributed by atoms with E-state index in [9.17, 15) is 4.79 Å². The Morgan fingerprint density at radius 3 is 2.75 bits per heavy atom. The van der Waals surface area contributed by atoms with Crippen LogP contribution in [-0.4, -0.2) is 40.0 Å². The van der Waals surface area contributed by atoms with E-state index < -0.39 is 0 Å². The highest BCUT2D eigenvalue weighted by atomic mass is 16.2. The molecule has 0 saturated carbocycles. The first-order valence-electron chi connectivity index (χ1n) is 8.84. The van der Waals surface area contributed by atoms with Gasteiger partial charge in [-0.3, -0.25) is 9.69 Å². The molecule has 0 atom stereocenters. The van der Waals surface area contributed by atoms with E-state index in [2.05, 4.69) is 44.0 Å². The van der Waals surface area contributed by atoms with Crippen LogP contribution in [0.3, 0.4) is 0 Å². The molecule has 0 aliphatic carbocycles. The zero-order chi connectivity index (χ0) is 16.6. The van der Waals surface area contributed by atoms with Gasteiger partial charge in [0.2, 0.25) is 5.91 Å². The molecule has 1 aromatic carbocycles. The Morgan fingerprint density at radius 1 is 1.17 bits per heavy atom. The molecule has 5 heteroatoms. The molecular formula is C19H26N4O. The second kappa shape index (κ2) is 8.64. The molecule has 0 spiro atoms. The summed E-state index contributed by atoms with van der Waals surface area (Å²) < 4.78 is 2.14. The zero-order valence-corrected chi connectivity index (χ0v) is 14.2. The Kier molecular flexibility index (Phi) is 6.01. The molecule has 3 rings (SSSR count). The first-order valence-corrected chi connectivity index (χ1v) is 8.84. The lowest BCUT2D eigenvalue weighted by atomic mass is 10.1. The third-order valence-electron chi connectivity index (χ3n) is 4.52. The topological polar surface area (TPSA) is 50.2 Å². The van der Waals surface area contributed by atoms with Crippen molar-refractivity contribution in [2.75, 3.05) is 19.6 Å². The lowest BCUT2D eigenvalue weighted by Crippen LogP contribution is -2.35. The minimum Gasteiger partial charge on any atom is -0.348 e. The summed E-state index contributed by atoms with van der Waals surface area (Å²) in [6.45, 7) is 4.02. The Hall–Kier alpha value is -2.14. The van der Waals surface area contributed by atoms with E-state index >= 15 is 0 Å².